The van der Waals surface area contributed by atoms with Crippen LogP contribution in [0, 0.1) is 5.92 Å². The Hall–Kier alpha value is -1.23. The Morgan fingerprint density at radius 3 is 2.96 bits per heavy atom. The zero-order valence-electron chi connectivity index (χ0n) is 13.3. The molecule has 5 rings (SSSR count). The van der Waals surface area contributed by atoms with Gasteiger partial charge >= 0.3 is 0 Å². The number of aliphatic hydroxyl groups excluding tert-OH is 1. The highest BCUT2D eigenvalue weighted by molar-refractivity contribution is 5.62. The van der Waals surface area contributed by atoms with Gasteiger partial charge in [-0.1, -0.05) is 18.2 Å². The van der Waals surface area contributed by atoms with E-state index in [9.17, 15) is 5.11 Å². The SMILES string of the molecule is COc1ccc2c3c1OC1C(O)C=CC4[C@@H](C2)N(C)CC[C@]314.[Cl-]. The summed E-state index contributed by atoms with van der Waals surface area (Å²) in [6, 6.07) is 4.70. The van der Waals surface area contributed by atoms with Gasteiger partial charge in [0.05, 0.1) is 7.11 Å². The maximum absolute atomic E-state index is 10.6. The summed E-state index contributed by atoms with van der Waals surface area (Å²) in [5, 5.41) is 10.6. The lowest BCUT2D eigenvalue weighted by molar-refractivity contribution is -0.0453. The number of rotatable bonds is 1. The zero-order chi connectivity index (χ0) is 15.1. The lowest BCUT2D eigenvalue weighted by atomic mass is 9.53. The average Bonchev–Trinajstić information content (AvgIpc) is 2.88. The monoisotopic (exact) mass is 334 g/mol. The van der Waals surface area contributed by atoms with E-state index in [1.807, 2.05) is 12.1 Å². The van der Waals surface area contributed by atoms with Crippen molar-refractivity contribution in [3.63, 3.8) is 0 Å². The van der Waals surface area contributed by atoms with Crippen LogP contribution in [0.5, 0.6) is 11.5 Å². The first-order chi connectivity index (χ1) is 10.7. The van der Waals surface area contributed by atoms with Crippen LogP contribution in [-0.4, -0.2) is 49.0 Å². The van der Waals surface area contributed by atoms with Crippen molar-refractivity contribution in [3.05, 3.63) is 35.4 Å². The summed E-state index contributed by atoms with van der Waals surface area (Å²) in [5.41, 5.74) is 2.60. The maximum atomic E-state index is 10.6. The smallest absolute Gasteiger partial charge is 0.165 e. The number of nitrogens with zero attached hydrogens (tertiary/aromatic N) is 1. The van der Waals surface area contributed by atoms with Crippen molar-refractivity contribution in [1.82, 2.24) is 4.90 Å². The van der Waals surface area contributed by atoms with Crippen molar-refractivity contribution in [1.29, 1.82) is 0 Å². The fourth-order valence-electron chi connectivity index (χ4n) is 5.39. The quantitative estimate of drug-likeness (QED) is 0.635. The van der Waals surface area contributed by atoms with Crippen molar-refractivity contribution >= 4 is 0 Å². The summed E-state index contributed by atoms with van der Waals surface area (Å²) in [4.78, 5) is 2.47. The van der Waals surface area contributed by atoms with Gasteiger partial charge in [0.15, 0.2) is 11.5 Å². The molecule has 1 aromatic carbocycles. The molecule has 1 saturated heterocycles. The molecule has 0 radical (unpaired) electrons. The first kappa shape index (κ1) is 15.3. The molecule has 5 atom stereocenters. The first-order valence-corrected chi connectivity index (χ1v) is 8.10. The minimum Gasteiger partial charge on any atom is -1.00 e. The standard InChI is InChI=1S/C18H21NO3.ClH/c1-19-8-7-18-11-4-5-13(20)17(18)22-16-14(21-2)6-3-10(15(16)18)9-12(11)19;/h3-6,11-13,17,20H,7-9H2,1-2H3;1H/p-1/t11?,12-,13?,17?,18+;/m1./s1. The van der Waals surface area contributed by atoms with Gasteiger partial charge in [-0.3, -0.25) is 0 Å². The fourth-order valence-corrected chi connectivity index (χ4v) is 5.39. The second-order valence-electron chi connectivity index (χ2n) is 7.11. The molecule has 4 nitrogen and oxygen atoms in total. The van der Waals surface area contributed by atoms with Gasteiger partial charge < -0.3 is 31.9 Å². The van der Waals surface area contributed by atoms with Gasteiger partial charge in [-0.2, -0.15) is 0 Å². The van der Waals surface area contributed by atoms with Crippen LogP contribution in [-0.2, 0) is 11.8 Å². The van der Waals surface area contributed by atoms with E-state index in [0.717, 1.165) is 30.9 Å². The number of ether oxygens (including phenoxy) is 2. The van der Waals surface area contributed by atoms with Gasteiger partial charge in [0, 0.05) is 22.9 Å². The summed E-state index contributed by atoms with van der Waals surface area (Å²) in [6.45, 7) is 1.05. The molecule has 2 heterocycles. The molecular weight excluding hydrogens is 314 g/mol. The van der Waals surface area contributed by atoms with Crippen molar-refractivity contribution in [2.45, 2.75) is 36.5 Å². The summed E-state index contributed by atoms with van der Waals surface area (Å²) in [7, 11) is 3.91. The molecule has 4 aliphatic rings. The highest BCUT2D eigenvalue weighted by Gasteiger charge is 2.64. The molecule has 2 bridgehead atoms. The second kappa shape index (κ2) is 4.88. The summed E-state index contributed by atoms with van der Waals surface area (Å²) in [6.07, 6.45) is 5.54. The molecule has 2 aliphatic carbocycles. The lowest BCUT2D eigenvalue weighted by Crippen LogP contribution is -3.00. The number of methoxy groups -OCH3 is 1. The Morgan fingerprint density at radius 2 is 2.17 bits per heavy atom. The van der Waals surface area contributed by atoms with Gasteiger partial charge in [-0.15, -0.1) is 0 Å². The Bertz CT molecular complexity index is 691. The third-order valence-corrected chi connectivity index (χ3v) is 6.35. The molecule has 1 spiro atoms. The van der Waals surface area contributed by atoms with E-state index < -0.39 is 6.10 Å². The van der Waals surface area contributed by atoms with Crippen molar-refractivity contribution in [2.75, 3.05) is 20.7 Å². The van der Waals surface area contributed by atoms with Gasteiger partial charge in [-0.05, 0) is 38.1 Å². The van der Waals surface area contributed by atoms with Crippen molar-refractivity contribution < 1.29 is 27.0 Å². The topological polar surface area (TPSA) is 41.9 Å². The van der Waals surface area contributed by atoms with Crippen LogP contribution in [0.4, 0.5) is 0 Å². The summed E-state index contributed by atoms with van der Waals surface area (Å²) in [5.74, 6) is 2.09. The zero-order valence-corrected chi connectivity index (χ0v) is 14.1. The third-order valence-electron chi connectivity index (χ3n) is 6.35. The summed E-state index contributed by atoms with van der Waals surface area (Å²) >= 11 is 0. The van der Waals surface area contributed by atoms with Crippen LogP contribution < -0.4 is 21.9 Å². The van der Waals surface area contributed by atoms with Gasteiger partial charge in [0.2, 0.25) is 0 Å². The van der Waals surface area contributed by atoms with Crippen LogP contribution >= 0.6 is 0 Å². The molecule has 1 fully saturated rings. The Balaban J connectivity index is 0.00000135. The molecule has 0 saturated carbocycles. The highest BCUT2D eigenvalue weighted by Crippen LogP contribution is 2.62. The van der Waals surface area contributed by atoms with Crippen molar-refractivity contribution in [3.8, 4) is 11.5 Å². The van der Waals surface area contributed by atoms with Crippen LogP contribution in [0.1, 0.15) is 17.5 Å². The summed E-state index contributed by atoms with van der Waals surface area (Å²) < 4.78 is 11.8. The van der Waals surface area contributed by atoms with Crippen LogP contribution in [0.25, 0.3) is 0 Å². The van der Waals surface area contributed by atoms with Crippen LogP contribution in [0.2, 0.25) is 0 Å². The van der Waals surface area contributed by atoms with E-state index in [1.165, 1.54) is 11.1 Å². The number of aliphatic hydroxyl groups is 1. The number of benzene rings is 1. The maximum Gasteiger partial charge on any atom is 0.165 e. The number of likely N-dealkylation sites (tertiary alicyclic amines) is 1. The molecule has 1 N–H and O–H groups in total. The predicted molar refractivity (Wildman–Crippen MR) is 82.5 cm³/mol. The van der Waals surface area contributed by atoms with Crippen molar-refractivity contribution in [2.24, 2.45) is 5.92 Å². The van der Waals surface area contributed by atoms with E-state index in [1.54, 1.807) is 7.11 Å². The molecule has 0 aromatic heterocycles. The number of hydrogen-bond donors (Lipinski definition) is 1. The highest BCUT2D eigenvalue weighted by atomic mass is 35.5. The number of hydrogen-bond acceptors (Lipinski definition) is 4. The second-order valence-corrected chi connectivity index (χ2v) is 7.11. The number of piperidine rings is 1. The Labute approximate surface area is 142 Å². The number of halogens is 1. The van der Waals surface area contributed by atoms with Crippen LogP contribution in [0.15, 0.2) is 24.3 Å². The molecule has 124 valence electrons. The minimum absolute atomic E-state index is 0. The predicted octanol–water partition coefficient (Wildman–Crippen LogP) is -1.49. The average molecular weight is 335 g/mol. The van der Waals surface area contributed by atoms with Gasteiger partial charge in [-0.25, -0.2) is 0 Å². The molecular formula is C18H21ClNO3-. The minimum atomic E-state index is -0.539. The first-order valence-electron chi connectivity index (χ1n) is 8.10. The molecule has 3 unspecified atom stereocenters. The fraction of sp³-hybridized carbons (Fsp3) is 0.556. The third kappa shape index (κ3) is 1.64. The normalized spacial score (nSPS) is 39.3. The number of likely N-dealkylation sites (N-methyl/N-ethyl adjacent to an activating group) is 1. The van der Waals surface area contributed by atoms with Gasteiger partial charge in [0.1, 0.15) is 12.2 Å². The molecule has 2 aliphatic heterocycles. The van der Waals surface area contributed by atoms with Crippen LogP contribution in [0.3, 0.4) is 0 Å². The molecule has 0 amide bonds. The molecule has 5 heteroatoms. The van der Waals surface area contributed by atoms with E-state index in [4.69, 9.17) is 9.47 Å². The molecule has 23 heavy (non-hydrogen) atoms. The lowest BCUT2D eigenvalue weighted by Gasteiger charge is -2.56. The largest absolute Gasteiger partial charge is 1.00 e. The van der Waals surface area contributed by atoms with E-state index in [2.05, 4.69) is 24.1 Å². The van der Waals surface area contributed by atoms with E-state index >= 15 is 0 Å². The Kier molecular flexibility index (Phi) is 3.25. The van der Waals surface area contributed by atoms with Gasteiger partial charge in [0.25, 0.3) is 0 Å². The van der Waals surface area contributed by atoms with E-state index in [-0.39, 0.29) is 23.9 Å². The molecule has 1 aromatic rings. The van der Waals surface area contributed by atoms with E-state index in [0.29, 0.717) is 12.0 Å². The Morgan fingerprint density at radius 1 is 1.35 bits per heavy atom.